The molecule has 1 aliphatic rings. The first-order valence-electron chi connectivity index (χ1n) is 7.11. The van der Waals surface area contributed by atoms with E-state index >= 15 is 0 Å². The Bertz CT molecular complexity index is 414. The number of piperazine rings is 1. The molecule has 108 valence electrons. The molecule has 1 unspecified atom stereocenters. The van der Waals surface area contributed by atoms with Crippen LogP contribution in [0, 0.1) is 5.92 Å². The molecule has 19 heavy (non-hydrogen) atoms. The van der Waals surface area contributed by atoms with Gasteiger partial charge in [0.2, 0.25) is 0 Å². The highest BCUT2D eigenvalue weighted by Gasteiger charge is 2.33. The molecule has 0 aromatic carbocycles. The summed E-state index contributed by atoms with van der Waals surface area (Å²) in [6.07, 6.45) is 1.11. The lowest BCUT2D eigenvalue weighted by Crippen LogP contribution is -2.63. The molecule has 1 atom stereocenters. The predicted octanol–water partition coefficient (Wildman–Crippen LogP) is 3.65. The topological polar surface area (TPSA) is 15.3 Å². The van der Waals surface area contributed by atoms with Crippen LogP contribution in [0.4, 0.5) is 0 Å². The summed E-state index contributed by atoms with van der Waals surface area (Å²) in [6, 6.07) is 4.80. The van der Waals surface area contributed by atoms with E-state index in [1.54, 1.807) is 11.3 Å². The number of thiophene rings is 1. The smallest absolute Gasteiger partial charge is 0.0931 e. The molecule has 1 aliphatic heterocycles. The van der Waals surface area contributed by atoms with E-state index in [1.165, 1.54) is 4.88 Å². The van der Waals surface area contributed by atoms with Crippen LogP contribution < -0.4 is 5.32 Å². The number of hydrogen-bond donors (Lipinski definition) is 1. The summed E-state index contributed by atoms with van der Waals surface area (Å²) in [5, 5.41) is 3.66. The van der Waals surface area contributed by atoms with E-state index < -0.39 is 0 Å². The Labute approximate surface area is 126 Å². The summed E-state index contributed by atoms with van der Waals surface area (Å²) < 4.78 is 0.899. The molecule has 0 saturated carbocycles. The maximum Gasteiger partial charge on any atom is 0.0931 e. The van der Waals surface area contributed by atoms with E-state index in [-0.39, 0.29) is 5.54 Å². The maximum absolute atomic E-state index is 6.00. The van der Waals surface area contributed by atoms with Gasteiger partial charge in [-0.1, -0.05) is 25.4 Å². The zero-order valence-corrected chi connectivity index (χ0v) is 13.9. The fourth-order valence-electron chi connectivity index (χ4n) is 2.83. The largest absolute Gasteiger partial charge is 0.309 e. The van der Waals surface area contributed by atoms with E-state index in [1.807, 2.05) is 6.07 Å². The first-order valence-corrected chi connectivity index (χ1v) is 8.30. The molecule has 0 radical (unpaired) electrons. The van der Waals surface area contributed by atoms with E-state index in [2.05, 4.69) is 44.0 Å². The monoisotopic (exact) mass is 300 g/mol. The average Bonchev–Trinajstić information content (AvgIpc) is 2.71. The highest BCUT2D eigenvalue weighted by molar-refractivity contribution is 7.16. The first-order chi connectivity index (χ1) is 8.87. The highest BCUT2D eigenvalue weighted by Crippen LogP contribution is 2.24. The predicted molar refractivity (Wildman–Crippen MR) is 85.3 cm³/mol. The minimum Gasteiger partial charge on any atom is -0.309 e. The van der Waals surface area contributed by atoms with Gasteiger partial charge in [-0.05, 0) is 38.3 Å². The standard InChI is InChI=1S/C15H25ClN2S/c1-11(2)13-9-17-15(3,4)10-18(13)8-7-12-5-6-14(16)19-12/h5-6,11,13,17H,7-10H2,1-4H3. The highest BCUT2D eigenvalue weighted by atomic mass is 35.5. The SMILES string of the molecule is CC(C)C1CNC(C)(C)CN1CCc1ccc(Cl)s1. The Morgan fingerprint density at radius 2 is 2.21 bits per heavy atom. The number of halogens is 1. The van der Waals surface area contributed by atoms with Crippen LogP contribution in [-0.4, -0.2) is 36.1 Å². The van der Waals surface area contributed by atoms with Gasteiger partial charge in [0.1, 0.15) is 0 Å². The lowest BCUT2D eigenvalue weighted by molar-refractivity contribution is 0.0707. The minimum atomic E-state index is 0.221. The van der Waals surface area contributed by atoms with Crippen molar-refractivity contribution in [2.75, 3.05) is 19.6 Å². The number of nitrogens with one attached hydrogen (secondary N) is 1. The minimum absolute atomic E-state index is 0.221. The van der Waals surface area contributed by atoms with Crippen LogP contribution in [0.3, 0.4) is 0 Å². The van der Waals surface area contributed by atoms with Crippen molar-refractivity contribution in [3.05, 3.63) is 21.3 Å². The molecular formula is C15H25ClN2S. The summed E-state index contributed by atoms with van der Waals surface area (Å²) in [6.45, 7) is 12.6. The molecule has 1 saturated heterocycles. The molecule has 2 rings (SSSR count). The van der Waals surface area contributed by atoms with Gasteiger partial charge in [0, 0.05) is 36.1 Å². The second-order valence-corrected chi connectivity index (χ2v) is 8.30. The van der Waals surface area contributed by atoms with E-state index in [9.17, 15) is 0 Å². The number of rotatable bonds is 4. The van der Waals surface area contributed by atoms with Gasteiger partial charge in [-0.15, -0.1) is 11.3 Å². The lowest BCUT2D eigenvalue weighted by Gasteiger charge is -2.46. The molecule has 4 heteroatoms. The Kier molecular flexibility index (Phi) is 4.93. The van der Waals surface area contributed by atoms with Gasteiger partial charge in [0.15, 0.2) is 0 Å². The molecule has 1 N–H and O–H groups in total. The summed E-state index contributed by atoms with van der Waals surface area (Å²) in [7, 11) is 0. The fourth-order valence-corrected chi connectivity index (χ4v) is 3.91. The van der Waals surface area contributed by atoms with Crippen LogP contribution >= 0.6 is 22.9 Å². The van der Waals surface area contributed by atoms with E-state index in [0.717, 1.165) is 30.4 Å². The molecule has 1 fully saturated rings. The van der Waals surface area contributed by atoms with Crippen molar-refractivity contribution in [3.8, 4) is 0 Å². The molecule has 0 bridgehead atoms. The van der Waals surface area contributed by atoms with Gasteiger partial charge >= 0.3 is 0 Å². The van der Waals surface area contributed by atoms with Crippen LogP contribution in [0.2, 0.25) is 4.34 Å². The third-order valence-corrected chi connectivity index (χ3v) is 5.19. The molecule has 1 aromatic rings. The van der Waals surface area contributed by atoms with Crippen LogP contribution in [0.15, 0.2) is 12.1 Å². The Morgan fingerprint density at radius 3 is 2.79 bits per heavy atom. The van der Waals surface area contributed by atoms with Gasteiger partial charge in [0.25, 0.3) is 0 Å². The summed E-state index contributed by atoms with van der Waals surface area (Å²) >= 11 is 7.71. The van der Waals surface area contributed by atoms with Crippen molar-refractivity contribution in [2.45, 2.75) is 45.7 Å². The Balaban J connectivity index is 1.97. The quantitative estimate of drug-likeness (QED) is 0.913. The normalized spacial score (nSPS) is 24.0. The van der Waals surface area contributed by atoms with Crippen LogP contribution in [-0.2, 0) is 6.42 Å². The molecule has 0 aliphatic carbocycles. The summed E-state index contributed by atoms with van der Waals surface area (Å²) in [5.74, 6) is 0.690. The van der Waals surface area contributed by atoms with Crippen molar-refractivity contribution >= 4 is 22.9 Å². The third-order valence-electron chi connectivity index (χ3n) is 3.90. The van der Waals surface area contributed by atoms with Crippen molar-refractivity contribution < 1.29 is 0 Å². The molecule has 0 amide bonds. The molecule has 0 spiro atoms. The molecule has 1 aromatic heterocycles. The van der Waals surface area contributed by atoms with Gasteiger partial charge in [-0.25, -0.2) is 0 Å². The van der Waals surface area contributed by atoms with E-state index in [4.69, 9.17) is 11.6 Å². The molecule has 2 heterocycles. The molecular weight excluding hydrogens is 276 g/mol. The number of hydrogen-bond acceptors (Lipinski definition) is 3. The zero-order chi connectivity index (χ0) is 14.0. The summed E-state index contributed by atoms with van der Waals surface area (Å²) in [5.41, 5.74) is 0.221. The second-order valence-electron chi connectivity index (χ2n) is 6.50. The van der Waals surface area contributed by atoms with Crippen LogP contribution in [0.1, 0.15) is 32.6 Å². The Morgan fingerprint density at radius 1 is 1.47 bits per heavy atom. The summed E-state index contributed by atoms with van der Waals surface area (Å²) in [4.78, 5) is 4.04. The van der Waals surface area contributed by atoms with E-state index in [0.29, 0.717) is 12.0 Å². The molecule has 2 nitrogen and oxygen atoms in total. The maximum atomic E-state index is 6.00. The van der Waals surface area contributed by atoms with Crippen LogP contribution in [0.5, 0.6) is 0 Å². The van der Waals surface area contributed by atoms with Crippen LogP contribution in [0.25, 0.3) is 0 Å². The second kappa shape index (κ2) is 6.13. The third kappa shape index (κ3) is 4.19. The Hall–Kier alpha value is -0.0900. The fraction of sp³-hybridized carbons (Fsp3) is 0.733. The van der Waals surface area contributed by atoms with Crippen molar-refractivity contribution in [3.63, 3.8) is 0 Å². The average molecular weight is 301 g/mol. The lowest BCUT2D eigenvalue weighted by atomic mass is 9.93. The van der Waals surface area contributed by atoms with Crippen molar-refractivity contribution in [2.24, 2.45) is 5.92 Å². The first kappa shape index (κ1) is 15.3. The van der Waals surface area contributed by atoms with Crippen molar-refractivity contribution in [1.29, 1.82) is 0 Å². The zero-order valence-electron chi connectivity index (χ0n) is 12.4. The van der Waals surface area contributed by atoms with Crippen molar-refractivity contribution in [1.82, 2.24) is 10.2 Å². The van der Waals surface area contributed by atoms with Gasteiger partial charge in [-0.2, -0.15) is 0 Å². The van der Waals surface area contributed by atoms with Gasteiger partial charge in [0.05, 0.1) is 4.34 Å². The van der Waals surface area contributed by atoms with Gasteiger partial charge < -0.3 is 5.32 Å². The number of nitrogens with zero attached hydrogens (tertiary/aromatic N) is 1. The van der Waals surface area contributed by atoms with Gasteiger partial charge in [-0.3, -0.25) is 4.90 Å².